The lowest BCUT2D eigenvalue weighted by Crippen LogP contribution is -1.84. The molecule has 0 saturated heterocycles. The van der Waals surface area contributed by atoms with Crippen LogP contribution < -0.4 is 0 Å². The highest BCUT2D eigenvalue weighted by atomic mass is 19.3. The average Bonchev–Trinajstić information content (AvgIpc) is 2.33. The molecular weight excluding hydrogens is 244 g/mol. The second-order valence-electron chi connectivity index (χ2n) is 3.32. The van der Waals surface area contributed by atoms with Crippen molar-refractivity contribution in [2.45, 2.75) is 0 Å². The molecule has 0 bridgehead atoms. The fourth-order valence-corrected chi connectivity index (χ4v) is 1.26. The summed E-state index contributed by atoms with van der Waals surface area (Å²) in [7, 11) is 0. The molecule has 0 nitrogen and oxygen atoms in total. The summed E-state index contributed by atoms with van der Waals surface area (Å²) in [5.41, 5.74) is 0.421. The van der Waals surface area contributed by atoms with Gasteiger partial charge in [-0.2, -0.15) is 8.78 Å². The van der Waals surface area contributed by atoms with E-state index in [2.05, 4.69) is 6.58 Å². The van der Waals surface area contributed by atoms with Gasteiger partial charge in [0.2, 0.25) is 0 Å². The molecule has 0 atom stereocenters. The molecule has 1 rings (SSSR count). The second-order valence-corrected chi connectivity index (χ2v) is 3.32. The van der Waals surface area contributed by atoms with Crippen LogP contribution in [-0.2, 0) is 0 Å². The third-order valence-electron chi connectivity index (χ3n) is 2.04. The minimum absolute atomic E-state index is 0.125. The number of hydrogen-bond acceptors (Lipinski definition) is 0. The Hall–Kier alpha value is -2.10. The summed E-state index contributed by atoms with van der Waals surface area (Å²) >= 11 is 0. The zero-order valence-corrected chi connectivity index (χ0v) is 9.34. The molecule has 0 unspecified atom stereocenters. The van der Waals surface area contributed by atoms with Crippen molar-refractivity contribution in [3.63, 3.8) is 0 Å². The fourth-order valence-electron chi connectivity index (χ4n) is 1.26. The summed E-state index contributed by atoms with van der Waals surface area (Å²) in [6, 6.07) is 5.24. The zero-order valence-electron chi connectivity index (χ0n) is 9.34. The van der Waals surface area contributed by atoms with Crippen LogP contribution in [0.15, 0.2) is 67.1 Å². The van der Waals surface area contributed by atoms with Gasteiger partial charge < -0.3 is 0 Å². The van der Waals surface area contributed by atoms with Gasteiger partial charge in [-0.15, -0.1) is 0 Å². The molecule has 18 heavy (non-hydrogen) atoms. The van der Waals surface area contributed by atoms with Gasteiger partial charge in [-0.1, -0.05) is 18.7 Å². The molecule has 0 aliphatic heterocycles. The van der Waals surface area contributed by atoms with E-state index in [1.165, 1.54) is 18.2 Å². The van der Waals surface area contributed by atoms with E-state index in [0.717, 1.165) is 24.3 Å². The standard InChI is InChI=1S/C14H10F4/c1-2-12(15)8-11(6-7-14(17)18)10-4-3-5-13(16)9-10/h2-9H,1H2. The molecule has 0 aromatic heterocycles. The Morgan fingerprint density at radius 1 is 1.11 bits per heavy atom. The van der Waals surface area contributed by atoms with Crippen LogP contribution in [0.25, 0.3) is 5.57 Å². The molecular formula is C14H10F4. The zero-order chi connectivity index (χ0) is 13.5. The van der Waals surface area contributed by atoms with Crippen molar-refractivity contribution >= 4 is 5.57 Å². The van der Waals surface area contributed by atoms with Crippen LogP contribution in [0, 0.1) is 5.82 Å². The van der Waals surface area contributed by atoms with Crippen molar-refractivity contribution in [3.8, 4) is 0 Å². The van der Waals surface area contributed by atoms with Gasteiger partial charge in [-0.25, -0.2) is 8.78 Å². The van der Waals surface area contributed by atoms with E-state index < -0.39 is 17.7 Å². The van der Waals surface area contributed by atoms with Gasteiger partial charge in [0.15, 0.2) is 0 Å². The largest absolute Gasteiger partial charge is 0.270 e. The van der Waals surface area contributed by atoms with Crippen molar-refractivity contribution in [2.24, 2.45) is 0 Å². The van der Waals surface area contributed by atoms with Crippen LogP contribution in [0.1, 0.15) is 5.56 Å². The van der Waals surface area contributed by atoms with Crippen LogP contribution in [0.3, 0.4) is 0 Å². The van der Waals surface area contributed by atoms with E-state index in [1.807, 2.05) is 0 Å². The van der Waals surface area contributed by atoms with E-state index in [4.69, 9.17) is 0 Å². The van der Waals surface area contributed by atoms with Crippen LogP contribution in [0.2, 0.25) is 0 Å². The Kier molecular flexibility index (Phi) is 5.11. The molecule has 94 valence electrons. The van der Waals surface area contributed by atoms with E-state index in [9.17, 15) is 17.6 Å². The highest BCUT2D eigenvalue weighted by Gasteiger charge is 2.01. The molecule has 0 aliphatic rings. The van der Waals surface area contributed by atoms with Crippen molar-refractivity contribution in [1.29, 1.82) is 0 Å². The number of allylic oxidation sites excluding steroid dienone is 6. The summed E-state index contributed by atoms with van der Waals surface area (Å²) in [4.78, 5) is 0. The Bertz CT molecular complexity index is 520. The number of rotatable bonds is 4. The molecule has 0 radical (unpaired) electrons. The fraction of sp³-hybridized carbons (Fsp3) is 0. The van der Waals surface area contributed by atoms with Gasteiger partial charge >= 0.3 is 0 Å². The smallest absolute Gasteiger partial charge is 0.207 e. The van der Waals surface area contributed by atoms with Crippen LogP contribution in [0.4, 0.5) is 17.6 Å². The van der Waals surface area contributed by atoms with Crippen molar-refractivity contribution in [1.82, 2.24) is 0 Å². The summed E-state index contributed by atoms with van der Waals surface area (Å²) in [5, 5.41) is 0. The number of benzene rings is 1. The monoisotopic (exact) mass is 254 g/mol. The highest BCUT2D eigenvalue weighted by Crippen LogP contribution is 2.20. The number of hydrogen-bond donors (Lipinski definition) is 0. The summed E-state index contributed by atoms with van der Waals surface area (Å²) < 4.78 is 50.1. The summed E-state index contributed by atoms with van der Waals surface area (Å²) in [5.74, 6) is -1.23. The van der Waals surface area contributed by atoms with Crippen molar-refractivity contribution in [3.05, 3.63) is 78.4 Å². The maximum atomic E-state index is 13.1. The van der Waals surface area contributed by atoms with Gasteiger partial charge in [-0.05, 0) is 41.5 Å². The predicted octanol–water partition coefficient (Wildman–Crippen LogP) is 5.03. The molecule has 1 aromatic rings. The van der Waals surface area contributed by atoms with Crippen molar-refractivity contribution < 1.29 is 17.6 Å². The van der Waals surface area contributed by atoms with Gasteiger partial charge in [-0.3, -0.25) is 0 Å². The topological polar surface area (TPSA) is 0 Å². The van der Waals surface area contributed by atoms with E-state index in [-0.39, 0.29) is 5.57 Å². The van der Waals surface area contributed by atoms with E-state index >= 15 is 0 Å². The van der Waals surface area contributed by atoms with Gasteiger partial charge in [0, 0.05) is 6.08 Å². The minimum atomic E-state index is -1.92. The first-order valence-electron chi connectivity index (χ1n) is 5.01. The van der Waals surface area contributed by atoms with Crippen LogP contribution >= 0.6 is 0 Å². The highest BCUT2D eigenvalue weighted by molar-refractivity contribution is 5.76. The Balaban J connectivity index is 3.25. The van der Waals surface area contributed by atoms with Crippen LogP contribution in [-0.4, -0.2) is 0 Å². The Morgan fingerprint density at radius 2 is 1.83 bits per heavy atom. The molecule has 1 aromatic carbocycles. The third kappa shape index (κ3) is 4.41. The first-order valence-corrected chi connectivity index (χ1v) is 5.01. The van der Waals surface area contributed by atoms with Crippen LogP contribution in [0.5, 0.6) is 0 Å². The molecule has 4 heteroatoms. The first-order chi connectivity index (χ1) is 8.52. The summed E-state index contributed by atoms with van der Waals surface area (Å²) in [6.45, 7) is 3.21. The lowest BCUT2D eigenvalue weighted by molar-refractivity contribution is 0.422. The molecule has 0 saturated carbocycles. The van der Waals surface area contributed by atoms with Crippen molar-refractivity contribution in [2.75, 3.05) is 0 Å². The number of halogens is 4. The third-order valence-corrected chi connectivity index (χ3v) is 2.04. The first kappa shape index (κ1) is 14.0. The maximum absolute atomic E-state index is 13.1. The van der Waals surface area contributed by atoms with E-state index in [0.29, 0.717) is 11.6 Å². The minimum Gasteiger partial charge on any atom is -0.207 e. The maximum Gasteiger partial charge on any atom is 0.270 e. The van der Waals surface area contributed by atoms with E-state index in [1.54, 1.807) is 0 Å². The van der Waals surface area contributed by atoms with Gasteiger partial charge in [0.05, 0.1) is 0 Å². The SMILES string of the molecule is C=CC(F)=CC(=CC=C(F)F)c1cccc(F)c1. The lowest BCUT2D eigenvalue weighted by atomic mass is 10.0. The lowest BCUT2D eigenvalue weighted by Gasteiger charge is -2.02. The molecule has 0 heterocycles. The molecule has 0 fully saturated rings. The predicted molar refractivity (Wildman–Crippen MR) is 64.1 cm³/mol. The summed E-state index contributed by atoms with van der Waals surface area (Å²) in [6.07, 6.45) is 1.54. The van der Waals surface area contributed by atoms with Gasteiger partial charge in [0.25, 0.3) is 6.08 Å². The molecule has 0 spiro atoms. The Labute approximate surface area is 102 Å². The molecule has 0 amide bonds. The Morgan fingerprint density at radius 3 is 2.39 bits per heavy atom. The average molecular weight is 254 g/mol. The molecule has 0 aliphatic carbocycles. The molecule has 0 N–H and O–H groups in total. The quantitative estimate of drug-likeness (QED) is 0.522. The van der Waals surface area contributed by atoms with Gasteiger partial charge in [0.1, 0.15) is 11.6 Å². The second kappa shape index (κ2) is 6.59. The normalized spacial score (nSPS) is 12.2.